The van der Waals surface area contributed by atoms with Crippen molar-refractivity contribution in [3.63, 3.8) is 0 Å². The molecule has 0 spiro atoms. The molecule has 4 rings (SSSR count). The maximum Gasteiger partial charge on any atom is 0.451 e. The Balaban J connectivity index is 1.80. The molecule has 0 saturated heterocycles. The third kappa shape index (κ3) is 3.11. The molecule has 0 aliphatic carbocycles. The van der Waals surface area contributed by atoms with E-state index in [4.69, 9.17) is 0 Å². The largest absolute Gasteiger partial charge is 0.451 e. The Bertz CT molecular complexity index is 1130. The summed E-state index contributed by atoms with van der Waals surface area (Å²) in [5, 5.41) is 5.35. The van der Waals surface area contributed by atoms with Gasteiger partial charge in [0.1, 0.15) is 5.69 Å². The van der Waals surface area contributed by atoms with Crippen molar-refractivity contribution in [3.05, 3.63) is 65.5 Å². The molecule has 0 aliphatic heterocycles. The molecular weight excluding hydrogens is 371 g/mol. The highest BCUT2D eigenvalue weighted by atomic mass is 19.4. The van der Waals surface area contributed by atoms with E-state index >= 15 is 0 Å². The number of rotatable bonds is 3. The highest BCUT2D eigenvalue weighted by Gasteiger charge is 2.35. The van der Waals surface area contributed by atoms with Crippen molar-refractivity contribution in [2.24, 2.45) is 0 Å². The zero-order valence-corrected chi connectivity index (χ0v) is 13.3. The Hall–Kier alpha value is -3.37. The van der Waals surface area contributed by atoms with Gasteiger partial charge in [0.05, 0.1) is 5.69 Å². The highest BCUT2D eigenvalue weighted by Crippen LogP contribution is 2.27. The molecule has 0 saturated carbocycles. The van der Waals surface area contributed by atoms with E-state index in [1.54, 1.807) is 6.20 Å². The van der Waals surface area contributed by atoms with Gasteiger partial charge in [0.15, 0.2) is 17.3 Å². The predicted octanol–water partition coefficient (Wildman–Crippen LogP) is 3.40. The average Bonchev–Trinajstić information content (AvgIpc) is 3.27. The van der Waals surface area contributed by atoms with Crippen LogP contribution in [0.1, 0.15) is 17.1 Å². The van der Waals surface area contributed by atoms with Crippen LogP contribution < -0.4 is 0 Å². The van der Waals surface area contributed by atoms with E-state index in [2.05, 4.69) is 20.1 Å². The molecule has 1 N–H and O–H groups in total. The van der Waals surface area contributed by atoms with Crippen LogP contribution in [0.2, 0.25) is 0 Å². The van der Waals surface area contributed by atoms with Crippen LogP contribution in [0.3, 0.4) is 0 Å². The van der Waals surface area contributed by atoms with Crippen molar-refractivity contribution in [2.75, 3.05) is 0 Å². The van der Waals surface area contributed by atoms with E-state index in [9.17, 15) is 22.0 Å². The predicted molar refractivity (Wildman–Crippen MR) is 82.5 cm³/mol. The molecular formula is C16H9F5N6. The van der Waals surface area contributed by atoms with Crippen LogP contribution in [-0.4, -0.2) is 29.5 Å². The van der Waals surface area contributed by atoms with Gasteiger partial charge in [0, 0.05) is 25.0 Å². The Kier molecular flexibility index (Phi) is 3.86. The molecule has 0 amide bonds. The summed E-state index contributed by atoms with van der Waals surface area (Å²) in [7, 11) is 0. The van der Waals surface area contributed by atoms with Crippen molar-refractivity contribution < 1.29 is 22.0 Å². The average molecular weight is 380 g/mol. The molecule has 0 fully saturated rings. The lowest BCUT2D eigenvalue weighted by Gasteiger charge is -2.07. The third-order valence-electron chi connectivity index (χ3n) is 3.82. The fourth-order valence-corrected chi connectivity index (χ4v) is 2.59. The molecule has 138 valence electrons. The first-order valence-corrected chi connectivity index (χ1v) is 7.58. The summed E-state index contributed by atoms with van der Waals surface area (Å²) >= 11 is 0. The van der Waals surface area contributed by atoms with Gasteiger partial charge in [0.2, 0.25) is 11.6 Å². The van der Waals surface area contributed by atoms with E-state index in [1.165, 1.54) is 28.9 Å². The number of H-pyrrole nitrogens is 1. The van der Waals surface area contributed by atoms with Gasteiger partial charge in [-0.25, -0.2) is 23.7 Å². The van der Waals surface area contributed by atoms with Crippen LogP contribution >= 0.6 is 0 Å². The first-order valence-electron chi connectivity index (χ1n) is 7.58. The Morgan fingerprint density at radius 3 is 2.67 bits per heavy atom. The van der Waals surface area contributed by atoms with E-state index < -0.39 is 23.6 Å². The number of nitrogens with zero attached hydrogens (tertiary/aromatic N) is 5. The molecule has 4 aromatic rings. The molecule has 0 unspecified atom stereocenters. The maximum atomic E-state index is 14.0. The second-order valence-corrected chi connectivity index (χ2v) is 5.63. The van der Waals surface area contributed by atoms with Crippen LogP contribution in [-0.2, 0) is 12.6 Å². The third-order valence-corrected chi connectivity index (χ3v) is 3.82. The number of nitrogens with one attached hydrogen (secondary N) is 1. The van der Waals surface area contributed by atoms with Gasteiger partial charge < -0.3 is 4.40 Å². The number of aromatic nitrogens is 6. The minimum Gasteiger partial charge on any atom is -0.303 e. The zero-order chi connectivity index (χ0) is 19.2. The van der Waals surface area contributed by atoms with Crippen LogP contribution in [0, 0.1) is 11.6 Å². The molecule has 0 aliphatic rings. The van der Waals surface area contributed by atoms with Gasteiger partial charge in [-0.3, -0.25) is 5.10 Å². The van der Waals surface area contributed by atoms with E-state index in [1.807, 2.05) is 5.10 Å². The maximum absolute atomic E-state index is 14.0. The second kappa shape index (κ2) is 6.11. The Labute approximate surface area is 147 Å². The summed E-state index contributed by atoms with van der Waals surface area (Å²) in [5.74, 6) is -3.57. The van der Waals surface area contributed by atoms with Crippen molar-refractivity contribution in [1.29, 1.82) is 0 Å². The number of fused-ring (bicyclic) bond motifs is 1. The molecule has 0 radical (unpaired) electrons. The molecule has 3 heterocycles. The van der Waals surface area contributed by atoms with Gasteiger partial charge in [-0.1, -0.05) is 12.1 Å². The number of halogens is 5. The Morgan fingerprint density at radius 2 is 1.93 bits per heavy atom. The van der Waals surface area contributed by atoms with Crippen molar-refractivity contribution in [3.8, 4) is 11.5 Å². The number of hydrogen-bond acceptors (Lipinski definition) is 4. The smallest absolute Gasteiger partial charge is 0.303 e. The first-order chi connectivity index (χ1) is 12.8. The highest BCUT2D eigenvalue weighted by molar-refractivity contribution is 5.55. The molecule has 0 bridgehead atoms. The number of benzene rings is 1. The summed E-state index contributed by atoms with van der Waals surface area (Å²) < 4.78 is 67.1. The number of hydrogen-bond donors (Lipinski definition) is 1. The minimum atomic E-state index is -4.68. The summed E-state index contributed by atoms with van der Waals surface area (Å²) in [4.78, 5) is 11.7. The van der Waals surface area contributed by atoms with Crippen molar-refractivity contribution in [2.45, 2.75) is 12.6 Å². The normalized spacial score (nSPS) is 12.0. The summed E-state index contributed by atoms with van der Waals surface area (Å²) in [6.45, 7) is 0. The summed E-state index contributed by atoms with van der Waals surface area (Å²) in [5.41, 5.74) is 0.656. The topological polar surface area (TPSA) is 71.8 Å². The quantitative estimate of drug-likeness (QED) is 0.553. The fourth-order valence-electron chi connectivity index (χ4n) is 2.59. The van der Waals surface area contributed by atoms with Crippen LogP contribution in [0.5, 0.6) is 0 Å². The molecule has 11 heteroatoms. The lowest BCUT2D eigenvalue weighted by Crippen LogP contribution is -2.07. The van der Waals surface area contributed by atoms with Crippen molar-refractivity contribution in [1.82, 2.24) is 29.5 Å². The number of alkyl halides is 3. The zero-order valence-electron chi connectivity index (χ0n) is 13.3. The second-order valence-electron chi connectivity index (χ2n) is 5.63. The minimum absolute atomic E-state index is 0.0269. The monoisotopic (exact) mass is 380 g/mol. The molecule has 0 atom stereocenters. The SMILES string of the molecule is Fc1cccc(Cc2nc(-c3n[nH]c(C(F)(F)F)n3)cn3ccnc23)c1F. The number of aromatic amines is 1. The molecule has 1 aromatic carbocycles. The first kappa shape index (κ1) is 17.1. The van der Waals surface area contributed by atoms with Crippen LogP contribution in [0.4, 0.5) is 22.0 Å². The van der Waals surface area contributed by atoms with Crippen LogP contribution in [0.25, 0.3) is 17.2 Å². The van der Waals surface area contributed by atoms with Crippen LogP contribution in [0.15, 0.2) is 36.8 Å². The standard InChI is InChI=1S/C16H9F5N6/c17-9-3-1-2-8(12(9)18)6-10-14-22-4-5-27(14)7-11(23-10)13-24-15(26-25-13)16(19,20)21/h1-5,7H,6H2,(H,24,25,26). The molecule has 3 aromatic heterocycles. The number of imidazole rings is 1. The molecule has 27 heavy (non-hydrogen) atoms. The van der Waals surface area contributed by atoms with Crippen molar-refractivity contribution >= 4 is 5.65 Å². The summed E-state index contributed by atoms with van der Waals surface area (Å²) in [6.07, 6.45) is -0.405. The summed E-state index contributed by atoms with van der Waals surface area (Å²) in [6, 6.07) is 3.73. The van der Waals surface area contributed by atoms with Gasteiger partial charge in [-0.15, -0.1) is 0 Å². The van der Waals surface area contributed by atoms with E-state index in [-0.39, 0.29) is 29.2 Å². The van der Waals surface area contributed by atoms with Gasteiger partial charge in [-0.2, -0.15) is 18.3 Å². The van der Waals surface area contributed by atoms with Gasteiger partial charge >= 0.3 is 6.18 Å². The van der Waals surface area contributed by atoms with Gasteiger partial charge in [0.25, 0.3) is 0 Å². The Morgan fingerprint density at radius 1 is 1.11 bits per heavy atom. The van der Waals surface area contributed by atoms with E-state index in [0.717, 1.165) is 6.07 Å². The lowest BCUT2D eigenvalue weighted by molar-refractivity contribution is -0.144. The fraction of sp³-hybridized carbons (Fsp3) is 0.125. The lowest BCUT2D eigenvalue weighted by atomic mass is 10.1. The molecule has 6 nitrogen and oxygen atoms in total. The van der Waals surface area contributed by atoms with Gasteiger partial charge in [-0.05, 0) is 11.6 Å². The van der Waals surface area contributed by atoms with E-state index in [0.29, 0.717) is 5.65 Å².